The van der Waals surface area contributed by atoms with Crippen LogP contribution in [0.5, 0.6) is 0 Å². The van der Waals surface area contributed by atoms with Crippen LogP contribution in [-0.2, 0) is 6.42 Å². The van der Waals surface area contributed by atoms with Gasteiger partial charge in [0.2, 0.25) is 0 Å². The molecule has 6 heteroatoms. The molecule has 1 aromatic carbocycles. The van der Waals surface area contributed by atoms with Crippen LogP contribution < -0.4 is 5.32 Å². The molecular formula is C15H16FN5. The minimum Gasteiger partial charge on any atom is -0.368 e. The number of para-hydroxylation sites is 2. The van der Waals surface area contributed by atoms with Crippen molar-refractivity contribution in [2.24, 2.45) is 0 Å². The van der Waals surface area contributed by atoms with E-state index in [-0.39, 0.29) is 5.82 Å². The summed E-state index contributed by atoms with van der Waals surface area (Å²) in [5, 5.41) is 2.91. The zero-order valence-corrected chi connectivity index (χ0v) is 11.9. The van der Waals surface area contributed by atoms with E-state index < -0.39 is 5.82 Å². The van der Waals surface area contributed by atoms with Gasteiger partial charge in [-0.15, -0.1) is 0 Å². The Bertz CT molecular complexity index is 748. The largest absolute Gasteiger partial charge is 0.368 e. The monoisotopic (exact) mass is 285 g/mol. The van der Waals surface area contributed by atoms with Crippen LogP contribution in [0.25, 0.3) is 11.0 Å². The molecule has 3 aromatic rings. The average Bonchev–Trinajstić information content (AvgIpc) is 2.86. The van der Waals surface area contributed by atoms with Gasteiger partial charge in [-0.3, -0.25) is 0 Å². The minimum absolute atomic E-state index is 0.246. The molecule has 108 valence electrons. The van der Waals surface area contributed by atoms with Gasteiger partial charge < -0.3 is 10.3 Å². The summed E-state index contributed by atoms with van der Waals surface area (Å²) in [6.07, 6.45) is 0.439. The van der Waals surface area contributed by atoms with E-state index in [4.69, 9.17) is 0 Å². The van der Waals surface area contributed by atoms with Crippen LogP contribution in [0.15, 0.2) is 24.3 Å². The van der Waals surface area contributed by atoms with Gasteiger partial charge >= 0.3 is 0 Å². The number of fused-ring (bicyclic) bond motifs is 1. The van der Waals surface area contributed by atoms with Crippen molar-refractivity contribution >= 4 is 16.9 Å². The highest BCUT2D eigenvalue weighted by Crippen LogP contribution is 2.16. The van der Waals surface area contributed by atoms with Gasteiger partial charge in [0.15, 0.2) is 11.6 Å². The summed E-state index contributed by atoms with van der Waals surface area (Å²) in [4.78, 5) is 16.1. The Kier molecular flexibility index (Phi) is 3.51. The molecule has 2 N–H and O–H groups in total. The fourth-order valence-corrected chi connectivity index (χ4v) is 2.22. The molecule has 3 rings (SSSR count). The van der Waals surface area contributed by atoms with Crippen LogP contribution in [0.1, 0.15) is 24.3 Å². The van der Waals surface area contributed by atoms with Crippen LogP contribution in [0, 0.1) is 12.7 Å². The van der Waals surface area contributed by atoms with Crippen LogP contribution in [-0.4, -0.2) is 26.5 Å². The summed E-state index contributed by atoms with van der Waals surface area (Å²) in [6, 6.07) is 7.80. The molecule has 0 fully saturated rings. The molecule has 21 heavy (non-hydrogen) atoms. The number of imidazole rings is 1. The lowest BCUT2D eigenvalue weighted by atomic mass is 10.3. The van der Waals surface area contributed by atoms with Crippen molar-refractivity contribution < 1.29 is 4.39 Å². The van der Waals surface area contributed by atoms with Crippen LogP contribution in [0.4, 0.5) is 10.2 Å². The molecule has 0 aliphatic rings. The van der Waals surface area contributed by atoms with E-state index in [1.54, 1.807) is 6.92 Å². The second kappa shape index (κ2) is 5.47. The standard InChI is InChI=1S/C15H16FN5/c1-3-17-15-14(16)9(2)18-12(21-15)8-13-19-10-6-4-5-7-11(10)20-13/h4-7H,3,8H2,1-2H3,(H,19,20)(H,17,18,21). The number of halogens is 1. The molecule has 5 nitrogen and oxygen atoms in total. The van der Waals surface area contributed by atoms with Crippen LogP contribution >= 0.6 is 0 Å². The lowest BCUT2D eigenvalue weighted by molar-refractivity contribution is 0.600. The number of hydrogen-bond acceptors (Lipinski definition) is 4. The molecule has 0 radical (unpaired) electrons. The molecule has 0 aliphatic heterocycles. The smallest absolute Gasteiger partial charge is 0.186 e. The summed E-state index contributed by atoms with van der Waals surface area (Å²) < 4.78 is 13.9. The van der Waals surface area contributed by atoms with Crippen molar-refractivity contribution in [1.29, 1.82) is 0 Å². The Morgan fingerprint density at radius 1 is 1.19 bits per heavy atom. The van der Waals surface area contributed by atoms with Gasteiger partial charge in [-0.1, -0.05) is 12.1 Å². The number of rotatable bonds is 4. The van der Waals surface area contributed by atoms with E-state index in [2.05, 4.69) is 25.3 Å². The van der Waals surface area contributed by atoms with Gasteiger partial charge in [0.1, 0.15) is 11.6 Å². The molecule has 0 atom stereocenters. The first kappa shape index (κ1) is 13.5. The number of anilines is 1. The summed E-state index contributed by atoms with van der Waals surface area (Å²) >= 11 is 0. The Balaban J connectivity index is 1.93. The topological polar surface area (TPSA) is 66.5 Å². The highest BCUT2D eigenvalue weighted by Gasteiger charge is 2.12. The molecule has 2 aromatic heterocycles. The van der Waals surface area contributed by atoms with Gasteiger partial charge in [-0.05, 0) is 26.0 Å². The molecule has 0 saturated carbocycles. The van der Waals surface area contributed by atoms with Crippen molar-refractivity contribution in [3.05, 3.63) is 47.4 Å². The third-order valence-corrected chi connectivity index (χ3v) is 3.17. The Hall–Kier alpha value is -2.50. The van der Waals surface area contributed by atoms with Gasteiger partial charge in [-0.2, -0.15) is 0 Å². The maximum Gasteiger partial charge on any atom is 0.186 e. The van der Waals surface area contributed by atoms with Gasteiger partial charge in [-0.25, -0.2) is 19.3 Å². The van der Waals surface area contributed by atoms with E-state index in [9.17, 15) is 4.39 Å². The first-order chi connectivity index (χ1) is 10.2. The maximum atomic E-state index is 13.9. The third kappa shape index (κ3) is 2.69. The molecular weight excluding hydrogens is 269 g/mol. The highest BCUT2D eigenvalue weighted by molar-refractivity contribution is 5.74. The Labute approximate surface area is 121 Å². The van der Waals surface area contributed by atoms with E-state index in [0.29, 0.717) is 24.5 Å². The third-order valence-electron chi connectivity index (χ3n) is 3.17. The molecule has 0 spiro atoms. The first-order valence-corrected chi connectivity index (χ1v) is 6.88. The molecule has 0 amide bonds. The number of benzene rings is 1. The lowest BCUT2D eigenvalue weighted by Crippen LogP contribution is -2.09. The van der Waals surface area contributed by atoms with E-state index >= 15 is 0 Å². The van der Waals surface area contributed by atoms with Gasteiger partial charge in [0.25, 0.3) is 0 Å². The second-order valence-corrected chi connectivity index (χ2v) is 4.80. The zero-order chi connectivity index (χ0) is 14.8. The maximum absolute atomic E-state index is 13.9. The number of H-pyrrole nitrogens is 1. The number of nitrogens with zero attached hydrogens (tertiary/aromatic N) is 3. The van der Waals surface area contributed by atoms with Crippen molar-refractivity contribution in [1.82, 2.24) is 19.9 Å². The molecule has 2 heterocycles. The average molecular weight is 285 g/mol. The van der Waals surface area contributed by atoms with Crippen molar-refractivity contribution in [3.8, 4) is 0 Å². The van der Waals surface area contributed by atoms with Crippen LogP contribution in [0.2, 0.25) is 0 Å². The zero-order valence-electron chi connectivity index (χ0n) is 11.9. The minimum atomic E-state index is -0.398. The normalized spacial score (nSPS) is 11.0. The fraction of sp³-hybridized carbons (Fsp3) is 0.267. The van der Waals surface area contributed by atoms with E-state index in [1.807, 2.05) is 31.2 Å². The SMILES string of the molecule is CCNc1nc(Cc2nc3ccccc3[nH]2)nc(C)c1F. The van der Waals surface area contributed by atoms with E-state index in [0.717, 1.165) is 16.9 Å². The van der Waals surface area contributed by atoms with Crippen molar-refractivity contribution in [2.75, 3.05) is 11.9 Å². The summed E-state index contributed by atoms with van der Waals surface area (Å²) in [7, 11) is 0. The first-order valence-electron chi connectivity index (χ1n) is 6.88. The molecule has 0 saturated heterocycles. The highest BCUT2D eigenvalue weighted by atomic mass is 19.1. The number of hydrogen-bond donors (Lipinski definition) is 2. The Morgan fingerprint density at radius 3 is 2.76 bits per heavy atom. The fourth-order valence-electron chi connectivity index (χ4n) is 2.22. The quantitative estimate of drug-likeness (QED) is 0.773. The predicted molar refractivity (Wildman–Crippen MR) is 79.8 cm³/mol. The number of aromatic nitrogens is 4. The number of aryl methyl sites for hydroxylation is 1. The summed E-state index contributed by atoms with van der Waals surface area (Å²) in [5.41, 5.74) is 2.21. The lowest BCUT2D eigenvalue weighted by Gasteiger charge is -2.07. The second-order valence-electron chi connectivity index (χ2n) is 4.80. The van der Waals surface area contributed by atoms with Crippen molar-refractivity contribution in [3.63, 3.8) is 0 Å². The van der Waals surface area contributed by atoms with Gasteiger partial charge in [0, 0.05) is 6.54 Å². The summed E-state index contributed by atoms with van der Waals surface area (Å²) in [5.74, 6) is 1.16. The molecule has 0 unspecified atom stereocenters. The van der Waals surface area contributed by atoms with Crippen LogP contribution in [0.3, 0.4) is 0 Å². The molecule has 0 aliphatic carbocycles. The summed E-state index contributed by atoms with van der Waals surface area (Å²) in [6.45, 7) is 4.15. The molecule has 0 bridgehead atoms. The predicted octanol–water partition coefficient (Wildman–Crippen LogP) is 2.82. The number of aromatic amines is 1. The Morgan fingerprint density at radius 2 is 2.00 bits per heavy atom. The van der Waals surface area contributed by atoms with Gasteiger partial charge in [0.05, 0.1) is 23.1 Å². The number of nitrogens with one attached hydrogen (secondary N) is 2. The van der Waals surface area contributed by atoms with E-state index in [1.165, 1.54) is 0 Å². The van der Waals surface area contributed by atoms with Crippen molar-refractivity contribution in [2.45, 2.75) is 20.3 Å².